The highest BCUT2D eigenvalue weighted by molar-refractivity contribution is 5.45. The zero-order valence-electron chi connectivity index (χ0n) is 11.8. The molecule has 0 amide bonds. The Morgan fingerprint density at radius 1 is 1.19 bits per heavy atom. The topological polar surface area (TPSA) is 72.6 Å². The summed E-state index contributed by atoms with van der Waals surface area (Å²) < 4.78 is 5.69. The second-order valence-corrected chi connectivity index (χ2v) is 4.70. The molecule has 0 heterocycles. The van der Waals surface area contributed by atoms with Gasteiger partial charge in [-0.15, -0.1) is 0 Å². The van der Waals surface area contributed by atoms with Crippen LogP contribution in [-0.4, -0.2) is 10.0 Å². The maximum atomic E-state index is 10.7. The van der Waals surface area contributed by atoms with Crippen molar-refractivity contribution in [2.45, 2.75) is 26.4 Å². The number of hydrogen-bond acceptors (Lipinski definition) is 4. The van der Waals surface area contributed by atoms with Gasteiger partial charge in [0.1, 0.15) is 11.5 Å². The molecule has 0 aliphatic rings. The molecule has 0 bridgehead atoms. The van der Waals surface area contributed by atoms with E-state index >= 15 is 0 Å². The molecule has 0 saturated carbocycles. The molecule has 0 aliphatic carbocycles. The molecule has 0 aromatic heterocycles. The van der Waals surface area contributed by atoms with Crippen molar-refractivity contribution in [1.29, 1.82) is 0 Å². The molecule has 2 rings (SSSR count). The average molecular weight is 287 g/mol. The van der Waals surface area contributed by atoms with Crippen LogP contribution in [0.5, 0.6) is 11.5 Å². The molecule has 110 valence electrons. The minimum atomic E-state index is -0.498. The van der Waals surface area contributed by atoms with Crippen LogP contribution in [0.3, 0.4) is 0 Å². The first-order chi connectivity index (χ1) is 10.1. The van der Waals surface area contributed by atoms with Gasteiger partial charge in [0.25, 0.3) is 5.69 Å². The maximum absolute atomic E-state index is 10.7. The quantitative estimate of drug-likeness (QED) is 0.647. The first-order valence-corrected chi connectivity index (χ1v) is 6.79. The maximum Gasteiger partial charge on any atom is 0.270 e. The summed E-state index contributed by atoms with van der Waals surface area (Å²) in [7, 11) is 0. The van der Waals surface area contributed by atoms with Crippen molar-refractivity contribution in [1.82, 2.24) is 0 Å². The fourth-order valence-corrected chi connectivity index (χ4v) is 2.04. The Labute approximate surface area is 123 Å². The third-order valence-corrected chi connectivity index (χ3v) is 3.12. The molecule has 0 radical (unpaired) electrons. The number of non-ortho nitro benzene ring substituents is 1. The third-order valence-electron chi connectivity index (χ3n) is 3.12. The molecule has 2 aromatic rings. The minimum Gasteiger partial charge on any atom is -0.457 e. The predicted molar refractivity (Wildman–Crippen MR) is 79.5 cm³/mol. The molecule has 0 fully saturated rings. The zero-order chi connectivity index (χ0) is 15.2. The highest BCUT2D eigenvalue weighted by Crippen LogP contribution is 2.29. The third kappa shape index (κ3) is 3.79. The summed E-state index contributed by atoms with van der Waals surface area (Å²) in [6.45, 7) is 1.81. The highest BCUT2D eigenvalue weighted by Gasteiger charge is 2.11. The minimum absolute atomic E-state index is 0.0651. The van der Waals surface area contributed by atoms with Crippen LogP contribution < -0.4 is 4.74 Å². The largest absolute Gasteiger partial charge is 0.457 e. The molecule has 0 saturated heterocycles. The molecule has 0 spiro atoms. The van der Waals surface area contributed by atoms with Gasteiger partial charge in [-0.3, -0.25) is 10.1 Å². The van der Waals surface area contributed by atoms with E-state index in [1.165, 1.54) is 23.8 Å². The van der Waals surface area contributed by atoms with Gasteiger partial charge in [-0.25, -0.2) is 0 Å². The number of nitro groups is 1. The number of hydrogen-bond donors (Lipinski definition) is 1. The van der Waals surface area contributed by atoms with Crippen molar-refractivity contribution in [3.63, 3.8) is 0 Å². The van der Waals surface area contributed by atoms with Crippen LogP contribution in [0.25, 0.3) is 0 Å². The summed E-state index contributed by atoms with van der Waals surface area (Å²) in [4.78, 5) is 10.2. The molecular weight excluding hydrogens is 270 g/mol. The first kappa shape index (κ1) is 15.0. The number of nitrogens with zero attached hydrogens (tertiary/aromatic N) is 1. The number of aliphatic hydroxyl groups excluding tert-OH is 1. The average Bonchev–Trinajstić information content (AvgIpc) is 2.49. The van der Waals surface area contributed by atoms with Crippen molar-refractivity contribution >= 4 is 5.69 Å². The molecule has 2 aromatic carbocycles. The monoisotopic (exact) mass is 287 g/mol. The summed E-state index contributed by atoms with van der Waals surface area (Å²) in [6.07, 6.45) is 2.09. The number of aryl methyl sites for hydroxylation is 1. The van der Waals surface area contributed by atoms with Gasteiger partial charge in [0, 0.05) is 17.7 Å². The fourth-order valence-electron chi connectivity index (χ4n) is 2.04. The number of ether oxygens (including phenoxy) is 1. The predicted octanol–water partition coefficient (Wildman–Crippen LogP) is 3.83. The van der Waals surface area contributed by atoms with E-state index in [2.05, 4.69) is 6.92 Å². The summed E-state index contributed by atoms with van der Waals surface area (Å²) in [5, 5.41) is 20.0. The number of benzene rings is 2. The standard InChI is InChI=1S/C16H17NO4/c1-2-3-12-4-7-15(8-5-12)21-16-9-6-14(17(19)20)10-13(16)11-18/h4-10,18H,2-3,11H2,1H3. The van der Waals surface area contributed by atoms with Gasteiger partial charge in [0.05, 0.1) is 11.5 Å². The lowest BCUT2D eigenvalue weighted by Crippen LogP contribution is -1.95. The van der Waals surface area contributed by atoms with Gasteiger partial charge in [-0.1, -0.05) is 25.5 Å². The van der Waals surface area contributed by atoms with Crippen LogP contribution in [0.4, 0.5) is 5.69 Å². The smallest absolute Gasteiger partial charge is 0.270 e. The van der Waals surface area contributed by atoms with Gasteiger partial charge in [0.2, 0.25) is 0 Å². The molecule has 0 aliphatic heterocycles. The van der Waals surface area contributed by atoms with Crippen LogP contribution in [0, 0.1) is 10.1 Å². The highest BCUT2D eigenvalue weighted by atomic mass is 16.6. The van der Waals surface area contributed by atoms with E-state index in [9.17, 15) is 15.2 Å². The Morgan fingerprint density at radius 3 is 2.48 bits per heavy atom. The molecule has 5 heteroatoms. The van der Waals surface area contributed by atoms with E-state index in [-0.39, 0.29) is 12.3 Å². The SMILES string of the molecule is CCCc1ccc(Oc2ccc([N+](=O)[O-])cc2CO)cc1. The molecule has 0 unspecified atom stereocenters. The van der Waals surface area contributed by atoms with Crippen molar-refractivity contribution in [3.05, 3.63) is 63.7 Å². The summed E-state index contributed by atoms with van der Waals surface area (Å²) >= 11 is 0. The van der Waals surface area contributed by atoms with Crippen LogP contribution in [0.15, 0.2) is 42.5 Å². The molecular formula is C16H17NO4. The second-order valence-electron chi connectivity index (χ2n) is 4.70. The van der Waals surface area contributed by atoms with Crippen LogP contribution in [-0.2, 0) is 13.0 Å². The van der Waals surface area contributed by atoms with Crippen molar-refractivity contribution < 1.29 is 14.8 Å². The van der Waals surface area contributed by atoms with E-state index < -0.39 is 4.92 Å². The molecule has 21 heavy (non-hydrogen) atoms. The Bertz CT molecular complexity index is 623. The fraction of sp³-hybridized carbons (Fsp3) is 0.250. The van der Waals surface area contributed by atoms with Gasteiger partial charge in [0.15, 0.2) is 0 Å². The summed E-state index contributed by atoms with van der Waals surface area (Å²) in [5.74, 6) is 1.06. The Morgan fingerprint density at radius 2 is 1.90 bits per heavy atom. The Hall–Kier alpha value is -2.40. The van der Waals surface area contributed by atoms with Crippen molar-refractivity contribution in [2.24, 2.45) is 0 Å². The lowest BCUT2D eigenvalue weighted by Gasteiger charge is -2.10. The van der Waals surface area contributed by atoms with Crippen molar-refractivity contribution in [2.75, 3.05) is 0 Å². The molecule has 1 N–H and O–H groups in total. The van der Waals surface area contributed by atoms with Crippen LogP contribution in [0.2, 0.25) is 0 Å². The van der Waals surface area contributed by atoms with E-state index in [1.807, 2.05) is 24.3 Å². The number of rotatable bonds is 6. The lowest BCUT2D eigenvalue weighted by molar-refractivity contribution is -0.385. The van der Waals surface area contributed by atoms with E-state index in [0.29, 0.717) is 17.1 Å². The lowest BCUT2D eigenvalue weighted by atomic mass is 10.1. The first-order valence-electron chi connectivity index (χ1n) is 6.79. The van der Waals surface area contributed by atoms with E-state index in [0.717, 1.165) is 12.8 Å². The van der Waals surface area contributed by atoms with Gasteiger partial charge >= 0.3 is 0 Å². The Kier molecular flexibility index (Phi) is 4.90. The summed E-state index contributed by atoms with van der Waals surface area (Å²) in [6, 6.07) is 11.9. The van der Waals surface area contributed by atoms with Crippen LogP contribution >= 0.6 is 0 Å². The van der Waals surface area contributed by atoms with Gasteiger partial charge in [-0.05, 0) is 30.2 Å². The van der Waals surface area contributed by atoms with E-state index in [4.69, 9.17) is 4.74 Å². The molecule has 0 atom stereocenters. The summed E-state index contributed by atoms with van der Waals surface area (Å²) in [5.41, 5.74) is 1.56. The Balaban J connectivity index is 2.20. The molecule has 5 nitrogen and oxygen atoms in total. The van der Waals surface area contributed by atoms with Crippen LogP contribution in [0.1, 0.15) is 24.5 Å². The number of nitro benzene ring substituents is 1. The number of aliphatic hydroxyl groups is 1. The van der Waals surface area contributed by atoms with Gasteiger partial charge < -0.3 is 9.84 Å². The second kappa shape index (κ2) is 6.85. The zero-order valence-corrected chi connectivity index (χ0v) is 11.8. The van der Waals surface area contributed by atoms with Crippen molar-refractivity contribution in [3.8, 4) is 11.5 Å². The van der Waals surface area contributed by atoms with E-state index in [1.54, 1.807) is 0 Å². The van der Waals surface area contributed by atoms with Gasteiger partial charge in [-0.2, -0.15) is 0 Å². The normalized spacial score (nSPS) is 10.4.